The van der Waals surface area contributed by atoms with Crippen molar-refractivity contribution in [1.29, 1.82) is 0 Å². The molecule has 36 heavy (non-hydrogen) atoms. The van der Waals surface area contributed by atoms with Gasteiger partial charge in [-0.05, 0) is 29.8 Å². The molecule has 1 N–H and O–H groups in total. The van der Waals surface area contributed by atoms with Gasteiger partial charge >= 0.3 is 6.18 Å². The average Bonchev–Trinajstić information content (AvgIpc) is 3.46. The zero-order valence-corrected chi connectivity index (χ0v) is 19.7. The van der Waals surface area contributed by atoms with Gasteiger partial charge in [-0.15, -0.1) is 0 Å². The monoisotopic (exact) mass is 530 g/mol. The van der Waals surface area contributed by atoms with Gasteiger partial charge in [-0.25, -0.2) is 9.50 Å². The highest BCUT2D eigenvalue weighted by Crippen LogP contribution is 2.32. The van der Waals surface area contributed by atoms with E-state index >= 15 is 0 Å². The number of anilines is 1. The van der Waals surface area contributed by atoms with Crippen LogP contribution in [0.15, 0.2) is 72.9 Å². The largest absolute Gasteiger partial charge is 0.433 e. The molecular formula is C24H15Cl2F3N6O. The summed E-state index contributed by atoms with van der Waals surface area (Å²) in [4.78, 5) is 17.0. The van der Waals surface area contributed by atoms with Gasteiger partial charge in [0.1, 0.15) is 0 Å². The predicted molar refractivity (Wildman–Crippen MR) is 129 cm³/mol. The molecule has 3 aromatic heterocycles. The third-order valence-electron chi connectivity index (χ3n) is 5.26. The number of hydrogen-bond acceptors (Lipinski definition) is 4. The number of fused-ring (bicyclic) bond motifs is 1. The van der Waals surface area contributed by atoms with E-state index < -0.39 is 17.8 Å². The average molecular weight is 531 g/mol. The van der Waals surface area contributed by atoms with E-state index in [0.29, 0.717) is 26.7 Å². The molecule has 2 aromatic carbocycles. The molecule has 0 radical (unpaired) electrons. The number of nitrogens with one attached hydrogen (secondary N) is 1. The molecule has 1 amide bonds. The standard InChI is InChI=1S/C24H15Cl2F3N6O/c25-16-7-5-14(6-8-16)18-11-20(24(27,28)29)35-22(30-18)12-19(32-35)23(36)31-21-9-10-34(33-21)13-15-3-1-2-4-17(15)26/h1-12H,13H2,(H,31,33,36). The Kier molecular flexibility index (Phi) is 6.15. The number of rotatable bonds is 5. The minimum atomic E-state index is -4.74. The van der Waals surface area contributed by atoms with Crippen LogP contribution in [0.3, 0.4) is 0 Å². The lowest BCUT2D eigenvalue weighted by Crippen LogP contribution is -2.16. The van der Waals surface area contributed by atoms with Gasteiger partial charge in [0, 0.05) is 33.9 Å². The van der Waals surface area contributed by atoms with Gasteiger partial charge in [0.05, 0.1) is 12.2 Å². The first-order valence-electron chi connectivity index (χ1n) is 10.5. The zero-order valence-electron chi connectivity index (χ0n) is 18.2. The van der Waals surface area contributed by atoms with Gasteiger partial charge in [0.25, 0.3) is 5.91 Å². The van der Waals surface area contributed by atoms with Crippen molar-refractivity contribution in [2.75, 3.05) is 5.32 Å². The fourth-order valence-electron chi connectivity index (χ4n) is 3.55. The van der Waals surface area contributed by atoms with Gasteiger partial charge in [0.15, 0.2) is 22.9 Å². The fraction of sp³-hybridized carbons (Fsp3) is 0.0833. The maximum Gasteiger partial charge on any atom is 0.433 e. The molecule has 12 heteroatoms. The summed E-state index contributed by atoms with van der Waals surface area (Å²) in [5.74, 6) is -0.528. The van der Waals surface area contributed by atoms with E-state index in [0.717, 1.165) is 11.6 Å². The van der Waals surface area contributed by atoms with Gasteiger partial charge in [-0.3, -0.25) is 9.48 Å². The van der Waals surface area contributed by atoms with E-state index in [4.69, 9.17) is 23.2 Å². The van der Waals surface area contributed by atoms with Gasteiger partial charge in [0.2, 0.25) is 0 Å². The first kappa shape index (κ1) is 23.8. The van der Waals surface area contributed by atoms with E-state index in [9.17, 15) is 18.0 Å². The van der Waals surface area contributed by atoms with Crippen LogP contribution >= 0.6 is 23.2 Å². The molecule has 5 aromatic rings. The number of nitrogens with zero attached hydrogens (tertiary/aromatic N) is 5. The maximum absolute atomic E-state index is 13.8. The van der Waals surface area contributed by atoms with Gasteiger partial charge in [-0.2, -0.15) is 23.4 Å². The van der Waals surface area contributed by atoms with Crippen LogP contribution in [0.4, 0.5) is 19.0 Å². The fourth-order valence-corrected chi connectivity index (χ4v) is 3.88. The molecule has 0 bridgehead atoms. The lowest BCUT2D eigenvalue weighted by molar-refractivity contribution is -0.142. The molecular weight excluding hydrogens is 516 g/mol. The highest BCUT2D eigenvalue weighted by atomic mass is 35.5. The molecule has 0 spiro atoms. The number of hydrogen-bond donors (Lipinski definition) is 1. The number of carbonyl (C=O) groups excluding carboxylic acids is 1. The first-order valence-corrected chi connectivity index (χ1v) is 11.3. The Hall–Kier alpha value is -3.89. The highest BCUT2D eigenvalue weighted by Gasteiger charge is 2.35. The van der Waals surface area contributed by atoms with Crippen molar-refractivity contribution in [3.63, 3.8) is 0 Å². The molecule has 0 fully saturated rings. The summed E-state index contributed by atoms with van der Waals surface area (Å²) < 4.78 is 43.6. The molecule has 0 aliphatic heterocycles. The van der Waals surface area contributed by atoms with Crippen molar-refractivity contribution in [2.45, 2.75) is 12.7 Å². The van der Waals surface area contributed by atoms with E-state index in [-0.39, 0.29) is 22.9 Å². The molecule has 0 aliphatic rings. The quantitative estimate of drug-likeness (QED) is 0.292. The second kappa shape index (κ2) is 9.29. The lowest BCUT2D eigenvalue weighted by Gasteiger charge is -2.11. The van der Waals surface area contributed by atoms with Crippen LogP contribution in [-0.2, 0) is 12.7 Å². The number of amides is 1. The zero-order chi connectivity index (χ0) is 25.4. The molecule has 0 unspecified atom stereocenters. The summed E-state index contributed by atoms with van der Waals surface area (Å²) in [5.41, 5.74) is -0.116. The molecule has 3 heterocycles. The summed E-state index contributed by atoms with van der Waals surface area (Å²) in [6.07, 6.45) is -3.09. The Balaban J connectivity index is 1.43. The molecule has 0 saturated heterocycles. The summed E-state index contributed by atoms with van der Waals surface area (Å²) in [5, 5.41) is 11.7. The normalized spacial score (nSPS) is 11.7. The third-order valence-corrected chi connectivity index (χ3v) is 5.88. The molecule has 0 atom stereocenters. The van der Waals surface area contributed by atoms with E-state index in [1.54, 1.807) is 47.3 Å². The second-order valence-corrected chi connectivity index (χ2v) is 8.62. The van der Waals surface area contributed by atoms with Crippen molar-refractivity contribution < 1.29 is 18.0 Å². The Morgan fingerprint density at radius 1 is 0.972 bits per heavy atom. The smallest absolute Gasteiger partial charge is 0.304 e. The minimum Gasteiger partial charge on any atom is -0.304 e. The number of alkyl halides is 3. The summed E-state index contributed by atoms with van der Waals surface area (Å²) in [6, 6.07) is 17.1. The van der Waals surface area contributed by atoms with E-state index in [1.165, 1.54) is 6.07 Å². The van der Waals surface area contributed by atoms with Crippen LogP contribution in [0.1, 0.15) is 21.7 Å². The number of aromatic nitrogens is 5. The predicted octanol–water partition coefficient (Wildman–Crippen LogP) is 6.22. The number of carbonyl (C=O) groups is 1. The molecule has 7 nitrogen and oxygen atoms in total. The number of benzene rings is 2. The number of halogens is 5. The highest BCUT2D eigenvalue weighted by molar-refractivity contribution is 6.31. The SMILES string of the molecule is O=C(Nc1ccn(Cc2ccccc2Cl)n1)c1cc2nc(-c3ccc(Cl)cc3)cc(C(F)(F)F)n2n1. The minimum absolute atomic E-state index is 0.0664. The van der Waals surface area contributed by atoms with Crippen molar-refractivity contribution in [1.82, 2.24) is 24.4 Å². The van der Waals surface area contributed by atoms with Crippen LogP contribution in [0, 0.1) is 0 Å². The van der Waals surface area contributed by atoms with Crippen LogP contribution in [0.25, 0.3) is 16.9 Å². The maximum atomic E-state index is 13.8. The van der Waals surface area contributed by atoms with Crippen LogP contribution in [0.2, 0.25) is 10.0 Å². The third kappa shape index (κ3) is 4.91. The summed E-state index contributed by atoms with van der Waals surface area (Å²) in [6.45, 7) is 0.371. The first-order chi connectivity index (χ1) is 17.2. The van der Waals surface area contributed by atoms with Crippen molar-refractivity contribution in [2.24, 2.45) is 0 Å². The van der Waals surface area contributed by atoms with E-state index in [1.807, 2.05) is 18.2 Å². The summed E-state index contributed by atoms with van der Waals surface area (Å²) >= 11 is 12.1. The van der Waals surface area contributed by atoms with E-state index in [2.05, 4.69) is 20.5 Å². The Labute approximate surface area is 212 Å². The summed E-state index contributed by atoms with van der Waals surface area (Å²) in [7, 11) is 0. The Bertz CT molecular complexity index is 1580. The molecule has 5 rings (SSSR count). The van der Waals surface area contributed by atoms with Crippen molar-refractivity contribution in [3.05, 3.63) is 99.9 Å². The van der Waals surface area contributed by atoms with Gasteiger partial charge < -0.3 is 5.32 Å². The Morgan fingerprint density at radius 2 is 1.72 bits per heavy atom. The van der Waals surface area contributed by atoms with Crippen LogP contribution in [0.5, 0.6) is 0 Å². The second-order valence-electron chi connectivity index (χ2n) is 7.77. The molecule has 182 valence electrons. The lowest BCUT2D eigenvalue weighted by atomic mass is 10.1. The van der Waals surface area contributed by atoms with Gasteiger partial charge in [-0.1, -0.05) is 53.5 Å². The topological polar surface area (TPSA) is 77.1 Å². The van der Waals surface area contributed by atoms with Crippen LogP contribution < -0.4 is 5.32 Å². The van der Waals surface area contributed by atoms with Crippen LogP contribution in [-0.4, -0.2) is 30.3 Å². The van der Waals surface area contributed by atoms with Crippen molar-refractivity contribution >= 4 is 40.6 Å². The Morgan fingerprint density at radius 3 is 2.44 bits per heavy atom. The van der Waals surface area contributed by atoms with Crippen molar-refractivity contribution in [3.8, 4) is 11.3 Å². The molecule has 0 aliphatic carbocycles. The molecule has 0 saturated carbocycles.